The second-order valence-electron chi connectivity index (χ2n) is 1.28. The molecule has 1 heterocycles. The van der Waals surface area contributed by atoms with Gasteiger partial charge < -0.3 is 5.11 Å². The van der Waals surface area contributed by atoms with Crippen LogP contribution >= 0.6 is 11.3 Å². The zero-order valence-corrected chi connectivity index (χ0v) is 4.81. The van der Waals surface area contributed by atoms with E-state index in [1.165, 1.54) is 11.3 Å². The molecule has 0 fully saturated rings. The van der Waals surface area contributed by atoms with E-state index in [4.69, 9.17) is 5.11 Å². The first-order chi connectivity index (χ1) is 3.80. The minimum absolute atomic E-state index is 0. The van der Waals surface area contributed by atoms with Crippen LogP contribution in [-0.2, 0) is 0 Å². The summed E-state index contributed by atoms with van der Waals surface area (Å²) in [6.45, 7) is 0. The van der Waals surface area contributed by atoms with Crippen LogP contribution in [0.1, 0.15) is 9.67 Å². The molecule has 1 rings (SSSR count). The standard InChI is InChI=1S/C5H4O2S.K.H/c6-5(7)4-2-1-3-8-4;;/h1-3H,(H,6,7);;. The molecule has 0 unspecified atom stereocenters. The third-order valence-corrected chi connectivity index (χ3v) is 1.59. The van der Waals surface area contributed by atoms with E-state index >= 15 is 0 Å². The Bertz CT molecular complexity index is 183. The van der Waals surface area contributed by atoms with Gasteiger partial charge in [0.25, 0.3) is 0 Å². The molecule has 0 aromatic carbocycles. The third-order valence-electron chi connectivity index (χ3n) is 0.732. The van der Waals surface area contributed by atoms with E-state index in [0.29, 0.717) is 4.88 Å². The summed E-state index contributed by atoms with van der Waals surface area (Å²) >= 11 is 1.23. The number of aromatic carboxylic acids is 1. The molecule has 0 saturated carbocycles. The van der Waals surface area contributed by atoms with E-state index in [-0.39, 0.29) is 51.4 Å². The predicted octanol–water partition coefficient (Wildman–Crippen LogP) is 0.798. The van der Waals surface area contributed by atoms with E-state index in [1.807, 2.05) is 0 Å². The van der Waals surface area contributed by atoms with E-state index < -0.39 is 5.97 Å². The molecule has 0 saturated heterocycles. The van der Waals surface area contributed by atoms with Gasteiger partial charge in [0.05, 0.1) is 0 Å². The van der Waals surface area contributed by atoms with E-state index in [1.54, 1.807) is 17.5 Å². The first-order valence-electron chi connectivity index (χ1n) is 2.07. The van der Waals surface area contributed by atoms with E-state index in [2.05, 4.69) is 0 Å². The monoisotopic (exact) mass is 168 g/mol. The Hall–Kier alpha value is 0.806. The van der Waals surface area contributed by atoms with Crippen LogP contribution in [0, 0.1) is 0 Å². The molecule has 0 radical (unpaired) electrons. The Morgan fingerprint density at radius 1 is 1.67 bits per heavy atom. The number of carboxylic acids is 1. The van der Waals surface area contributed by atoms with Crippen molar-refractivity contribution in [3.8, 4) is 0 Å². The summed E-state index contributed by atoms with van der Waals surface area (Å²) < 4.78 is 0. The van der Waals surface area contributed by atoms with Gasteiger partial charge in [0.1, 0.15) is 4.88 Å². The fourth-order valence-corrected chi connectivity index (χ4v) is 0.962. The average Bonchev–Trinajstić information content (AvgIpc) is 2.12. The Labute approximate surface area is 99.3 Å². The first-order valence-corrected chi connectivity index (χ1v) is 2.95. The van der Waals surface area contributed by atoms with E-state index in [0.717, 1.165) is 0 Å². The number of hydrogen-bond donors (Lipinski definition) is 1. The number of carbonyl (C=O) groups is 1. The Morgan fingerprint density at radius 2 is 2.33 bits per heavy atom. The molecule has 1 aromatic rings. The molecule has 1 aromatic heterocycles. The van der Waals surface area contributed by atoms with Crippen molar-refractivity contribution in [1.29, 1.82) is 0 Å². The Balaban J connectivity index is 0.000000640. The molecule has 4 heteroatoms. The fraction of sp³-hybridized carbons (Fsp3) is 0. The van der Waals surface area contributed by atoms with Crippen LogP contribution < -0.4 is 0 Å². The summed E-state index contributed by atoms with van der Waals surface area (Å²) in [4.78, 5) is 10.5. The molecule has 0 aliphatic heterocycles. The fourth-order valence-electron chi connectivity index (χ4n) is 0.400. The molecular weight excluding hydrogens is 163 g/mol. The number of carboxylic acid groups (broad SMARTS) is 1. The van der Waals surface area contributed by atoms with Gasteiger partial charge in [0.15, 0.2) is 0 Å². The molecule has 9 heavy (non-hydrogen) atoms. The van der Waals surface area contributed by atoms with Crippen LogP contribution in [0.5, 0.6) is 0 Å². The predicted molar refractivity (Wildman–Crippen MR) is 38.4 cm³/mol. The maximum atomic E-state index is 10.1. The molecule has 2 nitrogen and oxygen atoms in total. The van der Waals surface area contributed by atoms with Gasteiger partial charge in [-0.15, -0.1) is 11.3 Å². The van der Waals surface area contributed by atoms with Gasteiger partial charge >= 0.3 is 57.4 Å². The van der Waals surface area contributed by atoms with Crippen molar-refractivity contribution in [2.24, 2.45) is 0 Å². The molecule has 1 N–H and O–H groups in total. The zero-order chi connectivity index (χ0) is 5.98. The zero-order valence-electron chi connectivity index (χ0n) is 4.00. The van der Waals surface area contributed by atoms with Gasteiger partial charge in [-0.2, -0.15) is 0 Å². The van der Waals surface area contributed by atoms with Crippen LogP contribution in [-0.4, -0.2) is 62.5 Å². The van der Waals surface area contributed by atoms with Crippen LogP contribution in [0.25, 0.3) is 0 Å². The van der Waals surface area contributed by atoms with Crippen molar-refractivity contribution in [2.75, 3.05) is 0 Å². The topological polar surface area (TPSA) is 37.3 Å². The van der Waals surface area contributed by atoms with Crippen molar-refractivity contribution in [3.05, 3.63) is 22.4 Å². The molecule has 0 aliphatic carbocycles. The summed E-state index contributed by atoms with van der Waals surface area (Å²) in [5.74, 6) is -0.847. The molecular formula is C5H5KO2S. The maximum absolute atomic E-state index is 10.1. The molecule has 0 bridgehead atoms. The normalized spacial score (nSPS) is 8.00. The SMILES string of the molecule is O=C(O)c1cccs1.[KH]. The van der Waals surface area contributed by atoms with E-state index in [9.17, 15) is 4.79 Å². The van der Waals surface area contributed by atoms with Gasteiger partial charge in [0, 0.05) is 0 Å². The summed E-state index contributed by atoms with van der Waals surface area (Å²) in [6.07, 6.45) is 0. The molecule has 0 amide bonds. The number of hydrogen-bond acceptors (Lipinski definition) is 2. The molecule has 0 spiro atoms. The minimum atomic E-state index is -0.847. The van der Waals surface area contributed by atoms with Crippen LogP contribution in [0.4, 0.5) is 0 Å². The average molecular weight is 168 g/mol. The van der Waals surface area contributed by atoms with Crippen LogP contribution in [0.2, 0.25) is 0 Å². The second-order valence-corrected chi connectivity index (χ2v) is 2.23. The summed E-state index contributed by atoms with van der Waals surface area (Å²) in [5.41, 5.74) is 0. The molecule has 0 aliphatic rings. The van der Waals surface area contributed by atoms with Crippen LogP contribution in [0.3, 0.4) is 0 Å². The Morgan fingerprint density at radius 3 is 2.56 bits per heavy atom. The summed E-state index contributed by atoms with van der Waals surface area (Å²) in [7, 11) is 0. The van der Waals surface area contributed by atoms with Crippen molar-refractivity contribution < 1.29 is 9.90 Å². The van der Waals surface area contributed by atoms with Crippen molar-refractivity contribution in [3.63, 3.8) is 0 Å². The van der Waals surface area contributed by atoms with Gasteiger partial charge in [-0.3, -0.25) is 0 Å². The van der Waals surface area contributed by atoms with Gasteiger partial charge in [-0.1, -0.05) is 6.07 Å². The summed E-state index contributed by atoms with van der Waals surface area (Å²) in [6, 6.07) is 3.29. The van der Waals surface area contributed by atoms with Crippen LogP contribution in [0.15, 0.2) is 17.5 Å². The Kier molecular flexibility index (Phi) is 5.01. The van der Waals surface area contributed by atoms with Gasteiger partial charge in [0.2, 0.25) is 0 Å². The van der Waals surface area contributed by atoms with Crippen molar-refractivity contribution >= 4 is 68.7 Å². The molecule has 0 atom stereocenters. The number of rotatable bonds is 1. The van der Waals surface area contributed by atoms with Gasteiger partial charge in [-0.25, -0.2) is 4.79 Å². The molecule has 44 valence electrons. The first kappa shape index (κ1) is 9.81. The van der Waals surface area contributed by atoms with Gasteiger partial charge in [-0.05, 0) is 11.4 Å². The number of thiophene rings is 1. The van der Waals surface area contributed by atoms with Crippen molar-refractivity contribution in [2.45, 2.75) is 0 Å². The quantitative estimate of drug-likeness (QED) is 0.630. The second kappa shape index (κ2) is 4.60. The van der Waals surface area contributed by atoms with Crippen molar-refractivity contribution in [1.82, 2.24) is 0 Å². The summed E-state index contributed by atoms with van der Waals surface area (Å²) in [5, 5.41) is 10.0. The third kappa shape index (κ3) is 2.93.